The highest BCUT2D eigenvalue weighted by atomic mass is 16.5. The molecule has 2 aromatic rings. The van der Waals surface area contributed by atoms with Gasteiger partial charge in [0.2, 0.25) is 5.90 Å². The Labute approximate surface area is 123 Å². The number of hydrogen-bond acceptors (Lipinski definition) is 3. The van der Waals surface area contributed by atoms with Gasteiger partial charge in [-0.2, -0.15) is 0 Å². The topological polar surface area (TPSA) is 50.7 Å². The van der Waals surface area contributed by atoms with E-state index in [4.69, 9.17) is 4.74 Å². The Kier molecular flexibility index (Phi) is 3.69. The third-order valence-corrected chi connectivity index (χ3v) is 3.24. The number of benzene rings is 2. The first kappa shape index (κ1) is 13.4. The third-order valence-electron chi connectivity index (χ3n) is 3.24. The normalized spacial score (nSPS) is 17.0. The molecule has 0 fully saturated rings. The monoisotopic (exact) mass is 280 g/mol. The molecule has 0 radical (unpaired) electrons. The molecule has 0 aromatic heterocycles. The van der Waals surface area contributed by atoms with Gasteiger partial charge >= 0.3 is 0 Å². The van der Waals surface area contributed by atoms with Gasteiger partial charge in [0.05, 0.1) is 17.3 Å². The predicted molar refractivity (Wildman–Crippen MR) is 82.8 cm³/mol. The molecular formula is C17H16N2O2. The van der Waals surface area contributed by atoms with E-state index in [1.54, 1.807) is 12.1 Å². The molecule has 0 aliphatic carbocycles. The highest BCUT2D eigenvalue weighted by Gasteiger charge is 2.19. The molecule has 1 atom stereocenters. The molecule has 1 aliphatic rings. The van der Waals surface area contributed by atoms with E-state index >= 15 is 0 Å². The van der Waals surface area contributed by atoms with Crippen molar-refractivity contribution in [1.82, 2.24) is 0 Å². The van der Waals surface area contributed by atoms with Crippen molar-refractivity contribution >= 4 is 17.5 Å². The molecule has 0 saturated heterocycles. The average molecular weight is 280 g/mol. The zero-order valence-corrected chi connectivity index (χ0v) is 11.7. The first-order valence-electron chi connectivity index (χ1n) is 6.90. The maximum absolute atomic E-state index is 12.3. The molecule has 21 heavy (non-hydrogen) atoms. The molecule has 1 amide bonds. The minimum atomic E-state index is -0.144. The van der Waals surface area contributed by atoms with E-state index in [9.17, 15) is 4.79 Å². The maximum atomic E-state index is 12.3. The Balaban J connectivity index is 1.86. The Hall–Kier alpha value is -2.62. The first-order chi connectivity index (χ1) is 10.2. The molecule has 0 saturated carbocycles. The van der Waals surface area contributed by atoms with Gasteiger partial charge in [-0.1, -0.05) is 30.3 Å². The largest absolute Gasteiger partial charge is 0.475 e. The summed E-state index contributed by atoms with van der Waals surface area (Å²) in [5, 5.41) is 2.92. The van der Waals surface area contributed by atoms with Gasteiger partial charge in [0.1, 0.15) is 6.61 Å². The molecule has 106 valence electrons. The fourth-order valence-corrected chi connectivity index (χ4v) is 2.18. The minimum Gasteiger partial charge on any atom is -0.475 e. The summed E-state index contributed by atoms with van der Waals surface area (Å²) in [5.41, 5.74) is 2.14. The summed E-state index contributed by atoms with van der Waals surface area (Å²) in [7, 11) is 0. The Morgan fingerprint density at radius 2 is 1.86 bits per heavy atom. The van der Waals surface area contributed by atoms with Gasteiger partial charge in [-0.05, 0) is 31.2 Å². The number of carbonyl (C=O) groups is 1. The van der Waals surface area contributed by atoms with Gasteiger partial charge in [-0.25, -0.2) is 4.99 Å². The van der Waals surface area contributed by atoms with Crippen LogP contribution in [-0.4, -0.2) is 24.5 Å². The van der Waals surface area contributed by atoms with Crippen molar-refractivity contribution < 1.29 is 9.53 Å². The lowest BCUT2D eigenvalue weighted by atomic mass is 10.1. The molecule has 0 unspecified atom stereocenters. The standard InChI is InChI=1S/C17H16N2O2/c1-12-11-21-17(18-12)14-9-5-6-10-15(14)19-16(20)13-7-3-2-4-8-13/h2-10,12H,11H2,1H3,(H,19,20)/t12-/m0/s1. The number of nitrogens with one attached hydrogen (secondary N) is 1. The van der Waals surface area contributed by atoms with E-state index in [1.807, 2.05) is 49.4 Å². The summed E-state index contributed by atoms with van der Waals surface area (Å²) in [6.45, 7) is 2.58. The second-order valence-electron chi connectivity index (χ2n) is 4.96. The number of rotatable bonds is 3. The maximum Gasteiger partial charge on any atom is 0.255 e. The van der Waals surface area contributed by atoms with E-state index < -0.39 is 0 Å². The van der Waals surface area contributed by atoms with E-state index in [0.29, 0.717) is 23.8 Å². The number of ether oxygens (including phenoxy) is 1. The van der Waals surface area contributed by atoms with Crippen molar-refractivity contribution in [1.29, 1.82) is 0 Å². The van der Waals surface area contributed by atoms with Crippen molar-refractivity contribution in [3.05, 3.63) is 65.7 Å². The van der Waals surface area contributed by atoms with Crippen LogP contribution in [0.2, 0.25) is 0 Å². The van der Waals surface area contributed by atoms with Crippen molar-refractivity contribution in [3.8, 4) is 0 Å². The zero-order chi connectivity index (χ0) is 14.7. The number of nitrogens with zero attached hydrogens (tertiary/aromatic N) is 1. The van der Waals surface area contributed by atoms with Gasteiger partial charge in [-0.3, -0.25) is 4.79 Å². The average Bonchev–Trinajstić information content (AvgIpc) is 2.95. The van der Waals surface area contributed by atoms with Crippen LogP contribution < -0.4 is 5.32 Å². The Morgan fingerprint density at radius 3 is 2.57 bits per heavy atom. The number of hydrogen-bond donors (Lipinski definition) is 1. The smallest absolute Gasteiger partial charge is 0.255 e. The highest BCUT2D eigenvalue weighted by Crippen LogP contribution is 2.21. The lowest BCUT2D eigenvalue weighted by Gasteiger charge is -2.10. The van der Waals surface area contributed by atoms with Gasteiger partial charge in [0.15, 0.2) is 0 Å². The van der Waals surface area contributed by atoms with Crippen molar-refractivity contribution in [2.45, 2.75) is 13.0 Å². The third kappa shape index (κ3) is 2.94. The molecule has 3 rings (SSSR count). The van der Waals surface area contributed by atoms with Gasteiger partial charge < -0.3 is 10.1 Å². The molecule has 0 spiro atoms. The number of anilines is 1. The molecular weight excluding hydrogens is 264 g/mol. The Morgan fingerprint density at radius 1 is 1.14 bits per heavy atom. The van der Waals surface area contributed by atoms with Crippen molar-refractivity contribution in [2.24, 2.45) is 4.99 Å². The van der Waals surface area contributed by atoms with Crippen LogP contribution >= 0.6 is 0 Å². The SMILES string of the molecule is C[C@H]1COC(c2ccccc2NC(=O)c2ccccc2)=N1. The van der Waals surface area contributed by atoms with Crippen LogP contribution in [0.5, 0.6) is 0 Å². The molecule has 1 N–H and O–H groups in total. The molecule has 4 nitrogen and oxygen atoms in total. The molecule has 1 aliphatic heterocycles. The highest BCUT2D eigenvalue weighted by molar-refractivity contribution is 6.09. The minimum absolute atomic E-state index is 0.144. The van der Waals surface area contributed by atoms with Crippen LogP contribution in [0, 0.1) is 0 Å². The van der Waals surface area contributed by atoms with Gasteiger partial charge in [-0.15, -0.1) is 0 Å². The first-order valence-corrected chi connectivity index (χ1v) is 6.90. The summed E-state index contributed by atoms with van der Waals surface area (Å²) in [5.74, 6) is 0.446. The van der Waals surface area contributed by atoms with Crippen LogP contribution in [0.15, 0.2) is 59.6 Å². The lowest BCUT2D eigenvalue weighted by Crippen LogP contribution is -2.15. The van der Waals surface area contributed by atoms with Crippen molar-refractivity contribution in [3.63, 3.8) is 0 Å². The number of aliphatic imine (C=N–C) groups is 1. The predicted octanol–water partition coefficient (Wildman–Crippen LogP) is 3.10. The fourth-order valence-electron chi connectivity index (χ4n) is 2.18. The van der Waals surface area contributed by atoms with E-state index in [0.717, 1.165) is 5.56 Å². The molecule has 2 aromatic carbocycles. The second kappa shape index (κ2) is 5.79. The fraction of sp³-hybridized carbons (Fsp3) is 0.176. The molecule has 0 bridgehead atoms. The van der Waals surface area contributed by atoms with Crippen LogP contribution in [-0.2, 0) is 4.74 Å². The van der Waals surface area contributed by atoms with E-state index in [2.05, 4.69) is 10.3 Å². The summed E-state index contributed by atoms with van der Waals surface area (Å²) >= 11 is 0. The molecule has 1 heterocycles. The van der Waals surface area contributed by atoms with E-state index in [1.165, 1.54) is 0 Å². The number of para-hydroxylation sites is 1. The van der Waals surface area contributed by atoms with E-state index in [-0.39, 0.29) is 11.9 Å². The Bertz CT molecular complexity index is 680. The summed E-state index contributed by atoms with van der Waals surface area (Å²) in [6.07, 6.45) is 0. The number of carbonyl (C=O) groups excluding carboxylic acids is 1. The lowest BCUT2D eigenvalue weighted by molar-refractivity contribution is 0.102. The van der Waals surface area contributed by atoms with Crippen LogP contribution in [0.25, 0.3) is 0 Å². The van der Waals surface area contributed by atoms with Gasteiger partial charge in [0, 0.05) is 5.56 Å². The summed E-state index contributed by atoms with van der Waals surface area (Å²) in [6, 6.07) is 16.8. The number of amides is 1. The van der Waals surface area contributed by atoms with Crippen LogP contribution in [0.4, 0.5) is 5.69 Å². The van der Waals surface area contributed by atoms with Crippen molar-refractivity contribution in [2.75, 3.05) is 11.9 Å². The summed E-state index contributed by atoms with van der Waals surface area (Å²) < 4.78 is 5.58. The molecule has 4 heteroatoms. The van der Waals surface area contributed by atoms with Crippen LogP contribution in [0.3, 0.4) is 0 Å². The van der Waals surface area contributed by atoms with Gasteiger partial charge in [0.25, 0.3) is 5.91 Å². The zero-order valence-electron chi connectivity index (χ0n) is 11.7. The second-order valence-corrected chi connectivity index (χ2v) is 4.96. The summed E-state index contributed by atoms with van der Waals surface area (Å²) in [4.78, 5) is 16.7. The van der Waals surface area contributed by atoms with Crippen LogP contribution in [0.1, 0.15) is 22.8 Å². The quantitative estimate of drug-likeness (QED) is 0.939.